The summed E-state index contributed by atoms with van der Waals surface area (Å²) in [6, 6.07) is 1.67. The first kappa shape index (κ1) is 11.1. The molecule has 0 aromatic carbocycles. The van der Waals surface area contributed by atoms with Gasteiger partial charge in [-0.2, -0.15) is 0 Å². The molecule has 1 aromatic heterocycles. The van der Waals surface area contributed by atoms with Crippen LogP contribution in [-0.4, -0.2) is 23.9 Å². The van der Waals surface area contributed by atoms with E-state index in [2.05, 4.69) is 0 Å². The number of carbonyl (C=O) groups excluding carboxylic acids is 1. The molecule has 0 aliphatic heterocycles. The van der Waals surface area contributed by atoms with Crippen LogP contribution < -0.4 is 0 Å². The summed E-state index contributed by atoms with van der Waals surface area (Å²) in [7, 11) is 0. The Bertz CT molecular complexity index is 305. The molecule has 4 heteroatoms. The van der Waals surface area contributed by atoms with E-state index in [1.807, 2.05) is 13.8 Å². The zero-order chi connectivity index (χ0) is 10.6. The number of rotatable bonds is 4. The zero-order valence-electron chi connectivity index (χ0n) is 8.42. The van der Waals surface area contributed by atoms with E-state index in [0.717, 1.165) is 0 Å². The maximum absolute atomic E-state index is 11.9. The number of halogens is 1. The first-order chi connectivity index (χ1) is 6.74. The van der Waals surface area contributed by atoms with Gasteiger partial charge in [-0.25, -0.2) is 0 Å². The summed E-state index contributed by atoms with van der Waals surface area (Å²) in [4.78, 5) is 13.6. The molecule has 0 aliphatic carbocycles. The molecule has 0 unspecified atom stereocenters. The summed E-state index contributed by atoms with van der Waals surface area (Å²) >= 11 is 5.64. The normalized spacial score (nSPS) is 10.2. The van der Waals surface area contributed by atoms with Crippen LogP contribution in [0.3, 0.4) is 0 Å². The summed E-state index contributed by atoms with van der Waals surface area (Å²) in [6.45, 7) is 5.29. The molecule has 0 saturated carbocycles. The van der Waals surface area contributed by atoms with E-state index in [9.17, 15) is 4.79 Å². The Hall–Kier alpha value is -0.960. The van der Waals surface area contributed by atoms with Crippen LogP contribution in [0.25, 0.3) is 0 Å². The average Bonchev–Trinajstić information content (AvgIpc) is 2.67. The lowest BCUT2D eigenvalue weighted by Gasteiger charge is -2.17. The van der Waals surface area contributed by atoms with Gasteiger partial charge in [0.15, 0.2) is 0 Å². The highest BCUT2D eigenvalue weighted by atomic mass is 35.5. The summed E-state index contributed by atoms with van der Waals surface area (Å²) in [6.07, 6.45) is 1.49. The Morgan fingerprint density at radius 3 is 2.64 bits per heavy atom. The Morgan fingerprint density at radius 2 is 2.14 bits per heavy atom. The van der Waals surface area contributed by atoms with Crippen LogP contribution in [0.5, 0.6) is 0 Å². The maximum atomic E-state index is 11.9. The third kappa shape index (κ3) is 2.10. The molecule has 1 amide bonds. The predicted molar refractivity (Wildman–Crippen MR) is 55.5 cm³/mol. The molecule has 3 nitrogen and oxygen atoms in total. The summed E-state index contributed by atoms with van der Waals surface area (Å²) in [5.41, 5.74) is 0.573. The lowest BCUT2D eigenvalue weighted by atomic mass is 10.2. The minimum absolute atomic E-state index is 0.0144. The van der Waals surface area contributed by atoms with Gasteiger partial charge in [-0.3, -0.25) is 4.79 Å². The molecule has 0 aliphatic rings. The Morgan fingerprint density at radius 1 is 1.50 bits per heavy atom. The number of nitrogens with zero attached hydrogens (tertiary/aromatic N) is 1. The maximum Gasteiger partial charge on any atom is 0.257 e. The highest BCUT2D eigenvalue weighted by molar-refractivity contribution is 6.17. The monoisotopic (exact) mass is 215 g/mol. The molecule has 1 rings (SSSR count). The van der Waals surface area contributed by atoms with Crippen molar-refractivity contribution >= 4 is 17.5 Å². The molecule has 0 saturated heterocycles. The third-order valence-electron chi connectivity index (χ3n) is 2.15. The van der Waals surface area contributed by atoms with E-state index in [-0.39, 0.29) is 11.8 Å². The fourth-order valence-electron chi connectivity index (χ4n) is 1.32. The quantitative estimate of drug-likeness (QED) is 0.724. The Balaban J connectivity index is 2.87. The van der Waals surface area contributed by atoms with Crippen molar-refractivity contribution in [2.45, 2.75) is 19.7 Å². The molecule has 0 N–H and O–H groups in total. The largest absolute Gasteiger partial charge is 0.467 e. The molecule has 1 heterocycles. The molecule has 14 heavy (non-hydrogen) atoms. The lowest BCUT2D eigenvalue weighted by Crippen LogP contribution is -2.30. The average molecular weight is 216 g/mol. The van der Waals surface area contributed by atoms with Crippen LogP contribution in [0.2, 0.25) is 0 Å². The van der Waals surface area contributed by atoms with Gasteiger partial charge in [-0.1, -0.05) is 0 Å². The van der Waals surface area contributed by atoms with Crippen LogP contribution in [0, 0.1) is 0 Å². The van der Waals surface area contributed by atoms with Gasteiger partial charge in [0.25, 0.3) is 5.91 Å². The van der Waals surface area contributed by atoms with Crippen LogP contribution in [-0.2, 0) is 5.88 Å². The standard InChI is InChI=1S/C10H14ClNO2/c1-3-12(4-2)10(13)8-5-6-14-9(8)7-11/h5-6H,3-4,7H2,1-2H3. The van der Waals surface area contributed by atoms with Gasteiger partial charge in [0, 0.05) is 13.1 Å². The Kier molecular flexibility index (Phi) is 4.01. The molecule has 0 spiro atoms. The van der Waals surface area contributed by atoms with Crippen molar-refractivity contribution in [3.8, 4) is 0 Å². The van der Waals surface area contributed by atoms with E-state index < -0.39 is 0 Å². The second-order valence-electron chi connectivity index (χ2n) is 2.87. The number of amides is 1. The van der Waals surface area contributed by atoms with E-state index in [1.54, 1.807) is 11.0 Å². The molecule has 78 valence electrons. The predicted octanol–water partition coefficient (Wildman–Crippen LogP) is 2.50. The van der Waals surface area contributed by atoms with Crippen LogP contribution >= 0.6 is 11.6 Å². The second-order valence-corrected chi connectivity index (χ2v) is 3.14. The summed E-state index contributed by atoms with van der Waals surface area (Å²) in [5.74, 6) is 0.762. The van der Waals surface area contributed by atoms with Crippen molar-refractivity contribution in [1.29, 1.82) is 0 Å². The van der Waals surface area contributed by atoms with Gasteiger partial charge in [-0.15, -0.1) is 11.6 Å². The highest BCUT2D eigenvalue weighted by Gasteiger charge is 2.17. The van der Waals surface area contributed by atoms with Crippen molar-refractivity contribution in [2.24, 2.45) is 0 Å². The summed E-state index contributed by atoms with van der Waals surface area (Å²) < 4.78 is 5.09. The zero-order valence-corrected chi connectivity index (χ0v) is 9.17. The van der Waals surface area contributed by atoms with E-state index in [0.29, 0.717) is 24.4 Å². The smallest absolute Gasteiger partial charge is 0.257 e. The molecular weight excluding hydrogens is 202 g/mol. The van der Waals surface area contributed by atoms with Gasteiger partial charge >= 0.3 is 0 Å². The number of hydrogen-bond acceptors (Lipinski definition) is 2. The molecule has 1 aromatic rings. The van der Waals surface area contributed by atoms with Crippen molar-refractivity contribution in [2.75, 3.05) is 13.1 Å². The second kappa shape index (κ2) is 5.05. The SMILES string of the molecule is CCN(CC)C(=O)c1ccoc1CCl. The van der Waals surface area contributed by atoms with Crippen molar-refractivity contribution in [3.05, 3.63) is 23.7 Å². The fourth-order valence-corrected chi connectivity index (χ4v) is 1.52. The molecule has 0 bridgehead atoms. The first-order valence-electron chi connectivity index (χ1n) is 4.66. The topological polar surface area (TPSA) is 33.5 Å². The van der Waals surface area contributed by atoms with Crippen LogP contribution in [0.15, 0.2) is 16.7 Å². The van der Waals surface area contributed by atoms with E-state index in [1.165, 1.54) is 6.26 Å². The number of furan rings is 1. The molecule has 0 fully saturated rings. The van der Waals surface area contributed by atoms with Crippen molar-refractivity contribution in [3.63, 3.8) is 0 Å². The molecular formula is C10H14ClNO2. The van der Waals surface area contributed by atoms with Gasteiger partial charge in [0.2, 0.25) is 0 Å². The van der Waals surface area contributed by atoms with Crippen LogP contribution in [0.4, 0.5) is 0 Å². The molecule has 0 atom stereocenters. The van der Waals surface area contributed by atoms with E-state index in [4.69, 9.17) is 16.0 Å². The lowest BCUT2D eigenvalue weighted by molar-refractivity contribution is 0.0771. The van der Waals surface area contributed by atoms with Crippen molar-refractivity contribution < 1.29 is 9.21 Å². The number of carbonyl (C=O) groups is 1. The minimum Gasteiger partial charge on any atom is -0.467 e. The summed E-state index contributed by atoms with van der Waals surface area (Å²) in [5, 5.41) is 0. The van der Waals surface area contributed by atoms with Gasteiger partial charge < -0.3 is 9.32 Å². The van der Waals surface area contributed by atoms with Gasteiger partial charge in [-0.05, 0) is 19.9 Å². The Labute approximate surface area is 88.6 Å². The van der Waals surface area contributed by atoms with Crippen LogP contribution in [0.1, 0.15) is 30.0 Å². The number of alkyl halides is 1. The first-order valence-corrected chi connectivity index (χ1v) is 5.19. The van der Waals surface area contributed by atoms with E-state index >= 15 is 0 Å². The number of hydrogen-bond donors (Lipinski definition) is 0. The minimum atomic E-state index is -0.0144. The fraction of sp³-hybridized carbons (Fsp3) is 0.500. The molecule has 0 radical (unpaired) electrons. The van der Waals surface area contributed by atoms with Gasteiger partial charge in [0.05, 0.1) is 17.7 Å². The van der Waals surface area contributed by atoms with Gasteiger partial charge in [0.1, 0.15) is 5.76 Å². The third-order valence-corrected chi connectivity index (χ3v) is 2.39. The van der Waals surface area contributed by atoms with Crippen molar-refractivity contribution in [1.82, 2.24) is 4.90 Å². The highest BCUT2D eigenvalue weighted by Crippen LogP contribution is 2.15.